The summed E-state index contributed by atoms with van der Waals surface area (Å²) in [5.41, 5.74) is 6.37. The van der Waals surface area contributed by atoms with Crippen LogP contribution in [0.25, 0.3) is 0 Å². The van der Waals surface area contributed by atoms with Gasteiger partial charge in [-0.3, -0.25) is 0 Å². The van der Waals surface area contributed by atoms with Crippen LogP contribution in [0.15, 0.2) is 0 Å². The minimum Gasteiger partial charge on any atom is -0.396 e. The summed E-state index contributed by atoms with van der Waals surface area (Å²) in [6.45, 7) is 1.73. The third-order valence-corrected chi connectivity index (χ3v) is 3.29. The Hall–Kier alpha value is -1.76. The molecular formula is C11H15N5S. The molecule has 1 heterocycles. The van der Waals surface area contributed by atoms with E-state index >= 15 is 0 Å². The summed E-state index contributed by atoms with van der Waals surface area (Å²) in [6, 6.07) is 4.02. The number of nitrogens with one attached hydrogen (secondary N) is 1. The number of hydrogen-bond acceptors (Lipinski definition) is 6. The van der Waals surface area contributed by atoms with Crippen LogP contribution >= 0.6 is 11.3 Å². The van der Waals surface area contributed by atoms with E-state index in [1.807, 2.05) is 26.2 Å². The van der Waals surface area contributed by atoms with E-state index in [0.29, 0.717) is 15.4 Å². The monoisotopic (exact) mass is 249 g/mol. The largest absolute Gasteiger partial charge is 0.396 e. The first-order valence-corrected chi connectivity index (χ1v) is 6.02. The molecule has 0 spiro atoms. The van der Waals surface area contributed by atoms with Gasteiger partial charge in [0.1, 0.15) is 27.6 Å². The molecule has 0 atom stereocenters. The highest BCUT2D eigenvalue weighted by molar-refractivity contribution is 7.17. The summed E-state index contributed by atoms with van der Waals surface area (Å²) in [6.07, 6.45) is 0.970. The van der Waals surface area contributed by atoms with Crippen molar-refractivity contribution in [1.82, 2.24) is 4.90 Å². The minimum absolute atomic E-state index is 0.287. The molecule has 0 amide bonds. The van der Waals surface area contributed by atoms with Gasteiger partial charge in [0.05, 0.1) is 5.69 Å². The summed E-state index contributed by atoms with van der Waals surface area (Å²) in [5, 5.41) is 21.7. The van der Waals surface area contributed by atoms with Crippen molar-refractivity contribution in [2.24, 2.45) is 0 Å². The molecule has 0 radical (unpaired) electrons. The highest BCUT2D eigenvalue weighted by Crippen LogP contribution is 2.34. The molecule has 0 saturated carbocycles. The van der Waals surface area contributed by atoms with Crippen LogP contribution in [0.5, 0.6) is 0 Å². The standard InChI is InChI=1S/C11H15N5S/c1-16(2)5-3-4-15-11-8(6-12)10(14)9(7-13)17-11/h15H,3-5,14H2,1-2H3. The van der Waals surface area contributed by atoms with Gasteiger partial charge in [-0.05, 0) is 27.1 Å². The average molecular weight is 249 g/mol. The van der Waals surface area contributed by atoms with Crippen molar-refractivity contribution in [3.05, 3.63) is 10.4 Å². The van der Waals surface area contributed by atoms with Crippen molar-refractivity contribution in [2.75, 3.05) is 38.2 Å². The third kappa shape index (κ3) is 3.35. The van der Waals surface area contributed by atoms with Gasteiger partial charge in [-0.1, -0.05) is 0 Å². The molecule has 0 aliphatic heterocycles. The second-order valence-corrected chi connectivity index (χ2v) is 4.88. The van der Waals surface area contributed by atoms with Crippen molar-refractivity contribution in [2.45, 2.75) is 6.42 Å². The molecule has 0 bridgehead atoms. The second-order valence-electron chi connectivity index (χ2n) is 3.86. The van der Waals surface area contributed by atoms with Crippen LogP contribution in [0.4, 0.5) is 10.7 Å². The quantitative estimate of drug-likeness (QED) is 0.771. The maximum atomic E-state index is 8.97. The first-order chi connectivity index (χ1) is 8.10. The minimum atomic E-state index is 0.287. The zero-order valence-electron chi connectivity index (χ0n) is 9.95. The van der Waals surface area contributed by atoms with Crippen LogP contribution in [-0.2, 0) is 0 Å². The van der Waals surface area contributed by atoms with Crippen LogP contribution in [0.3, 0.4) is 0 Å². The number of thiophene rings is 1. The lowest BCUT2D eigenvalue weighted by Crippen LogP contribution is -2.16. The SMILES string of the molecule is CN(C)CCCNc1sc(C#N)c(N)c1C#N. The van der Waals surface area contributed by atoms with Gasteiger partial charge < -0.3 is 16.0 Å². The van der Waals surface area contributed by atoms with Crippen LogP contribution < -0.4 is 11.1 Å². The number of nitriles is 2. The van der Waals surface area contributed by atoms with E-state index in [4.69, 9.17) is 16.3 Å². The molecule has 90 valence electrons. The first-order valence-electron chi connectivity index (χ1n) is 5.21. The number of hydrogen-bond donors (Lipinski definition) is 2. The van der Waals surface area contributed by atoms with Gasteiger partial charge in [0.15, 0.2) is 0 Å². The smallest absolute Gasteiger partial charge is 0.131 e. The molecule has 0 aliphatic rings. The zero-order chi connectivity index (χ0) is 12.8. The van der Waals surface area contributed by atoms with Gasteiger partial charge in [-0.15, -0.1) is 11.3 Å². The normalized spacial score (nSPS) is 9.94. The number of nitrogen functional groups attached to an aromatic ring is 1. The summed E-state index contributed by atoms with van der Waals surface area (Å²) < 4.78 is 0. The maximum absolute atomic E-state index is 8.97. The topological polar surface area (TPSA) is 88.9 Å². The van der Waals surface area contributed by atoms with Gasteiger partial charge in [0.25, 0.3) is 0 Å². The van der Waals surface area contributed by atoms with Crippen LogP contribution in [0.2, 0.25) is 0 Å². The van der Waals surface area contributed by atoms with E-state index in [0.717, 1.165) is 19.5 Å². The predicted molar refractivity (Wildman–Crippen MR) is 69.8 cm³/mol. The van der Waals surface area contributed by atoms with Crippen molar-refractivity contribution in [3.63, 3.8) is 0 Å². The summed E-state index contributed by atoms with van der Waals surface area (Å²) in [7, 11) is 4.02. The molecular weight excluding hydrogens is 234 g/mol. The van der Waals surface area contributed by atoms with E-state index < -0.39 is 0 Å². The van der Waals surface area contributed by atoms with Crippen LogP contribution in [0.1, 0.15) is 16.9 Å². The van der Waals surface area contributed by atoms with Gasteiger partial charge >= 0.3 is 0 Å². The Morgan fingerprint density at radius 3 is 2.59 bits per heavy atom. The average Bonchev–Trinajstić information content (AvgIpc) is 2.60. The van der Waals surface area contributed by atoms with Crippen LogP contribution in [-0.4, -0.2) is 32.1 Å². The molecule has 3 N–H and O–H groups in total. The lowest BCUT2D eigenvalue weighted by Gasteiger charge is -2.09. The fourth-order valence-corrected chi connectivity index (χ4v) is 2.25. The Morgan fingerprint density at radius 1 is 1.35 bits per heavy atom. The molecule has 0 fully saturated rings. The van der Waals surface area contributed by atoms with Crippen molar-refractivity contribution >= 4 is 22.0 Å². The molecule has 5 nitrogen and oxygen atoms in total. The summed E-state index contributed by atoms with van der Waals surface area (Å²) in [4.78, 5) is 2.49. The van der Waals surface area contributed by atoms with Crippen molar-refractivity contribution in [3.8, 4) is 12.1 Å². The van der Waals surface area contributed by atoms with Gasteiger partial charge in [-0.2, -0.15) is 10.5 Å². The fraction of sp³-hybridized carbons (Fsp3) is 0.455. The predicted octanol–water partition coefficient (Wildman–Crippen LogP) is 1.44. The second kappa shape index (κ2) is 6.09. The zero-order valence-corrected chi connectivity index (χ0v) is 10.8. The molecule has 0 aliphatic carbocycles. The van der Waals surface area contributed by atoms with Crippen LogP contribution in [0, 0.1) is 22.7 Å². The highest BCUT2D eigenvalue weighted by atomic mass is 32.1. The maximum Gasteiger partial charge on any atom is 0.131 e. The third-order valence-electron chi connectivity index (χ3n) is 2.23. The van der Waals surface area contributed by atoms with E-state index in [9.17, 15) is 0 Å². The Balaban J connectivity index is 2.66. The van der Waals surface area contributed by atoms with E-state index in [2.05, 4.69) is 10.2 Å². The number of nitrogens with two attached hydrogens (primary N) is 1. The lowest BCUT2D eigenvalue weighted by molar-refractivity contribution is 0.405. The number of anilines is 2. The van der Waals surface area contributed by atoms with Gasteiger partial charge in [0, 0.05) is 6.54 Å². The molecule has 0 aromatic carbocycles. The number of rotatable bonds is 5. The van der Waals surface area contributed by atoms with Crippen molar-refractivity contribution < 1.29 is 0 Å². The summed E-state index contributed by atoms with van der Waals surface area (Å²) in [5.74, 6) is 0. The molecule has 1 aromatic rings. The van der Waals surface area contributed by atoms with E-state index in [-0.39, 0.29) is 5.69 Å². The Bertz CT molecular complexity index is 463. The molecule has 0 saturated heterocycles. The Kier molecular flexibility index (Phi) is 4.77. The molecule has 17 heavy (non-hydrogen) atoms. The Morgan fingerprint density at radius 2 is 2.06 bits per heavy atom. The Labute approximate surface area is 105 Å². The molecule has 6 heteroatoms. The highest BCUT2D eigenvalue weighted by Gasteiger charge is 2.14. The van der Waals surface area contributed by atoms with Gasteiger partial charge in [-0.25, -0.2) is 0 Å². The van der Waals surface area contributed by atoms with Crippen molar-refractivity contribution in [1.29, 1.82) is 10.5 Å². The van der Waals surface area contributed by atoms with E-state index in [1.165, 1.54) is 11.3 Å². The summed E-state index contributed by atoms with van der Waals surface area (Å²) >= 11 is 1.24. The van der Waals surface area contributed by atoms with E-state index in [1.54, 1.807) is 0 Å². The first kappa shape index (κ1) is 13.3. The van der Waals surface area contributed by atoms with Gasteiger partial charge in [0.2, 0.25) is 0 Å². The molecule has 1 rings (SSSR count). The fourth-order valence-electron chi connectivity index (χ4n) is 1.36. The lowest BCUT2D eigenvalue weighted by atomic mass is 10.2. The molecule has 1 aromatic heterocycles. The molecule has 0 unspecified atom stereocenters. The number of nitrogens with zero attached hydrogens (tertiary/aromatic N) is 3.